The van der Waals surface area contributed by atoms with Crippen molar-refractivity contribution in [2.75, 3.05) is 59.3 Å². The fraction of sp³-hybridized carbons (Fsp3) is 0.280. The van der Waals surface area contributed by atoms with Gasteiger partial charge in [0.2, 0.25) is 11.9 Å². The highest BCUT2D eigenvalue weighted by Crippen LogP contribution is 2.39. The van der Waals surface area contributed by atoms with Gasteiger partial charge in [-0.15, -0.1) is 0 Å². The summed E-state index contributed by atoms with van der Waals surface area (Å²) in [7, 11) is 0. The first kappa shape index (κ1) is 23.9. The SMILES string of the molecule is O=C1c2cnc(Nc3ccc(N4CCNCC4)c(CO)c3)nc2N2CCN=C2N1c1c(Cl)cccc1Cl. The van der Waals surface area contributed by atoms with E-state index in [4.69, 9.17) is 23.2 Å². The summed E-state index contributed by atoms with van der Waals surface area (Å²) in [5, 5.41) is 17.3. The van der Waals surface area contributed by atoms with Crippen molar-refractivity contribution in [2.24, 2.45) is 4.99 Å². The van der Waals surface area contributed by atoms with Crippen molar-refractivity contribution < 1.29 is 9.90 Å². The molecule has 1 saturated heterocycles. The lowest BCUT2D eigenvalue weighted by atomic mass is 10.1. The predicted octanol–water partition coefficient (Wildman–Crippen LogP) is 3.27. The first-order valence-electron chi connectivity index (χ1n) is 12.0. The van der Waals surface area contributed by atoms with Crippen LogP contribution in [0.2, 0.25) is 10.0 Å². The van der Waals surface area contributed by atoms with Crippen LogP contribution in [0.3, 0.4) is 0 Å². The molecule has 0 bridgehead atoms. The number of guanidine groups is 1. The van der Waals surface area contributed by atoms with E-state index in [9.17, 15) is 9.90 Å². The van der Waals surface area contributed by atoms with E-state index in [2.05, 4.69) is 30.5 Å². The van der Waals surface area contributed by atoms with E-state index < -0.39 is 0 Å². The summed E-state index contributed by atoms with van der Waals surface area (Å²) in [5.41, 5.74) is 3.29. The zero-order valence-corrected chi connectivity index (χ0v) is 21.3. The number of rotatable bonds is 5. The second kappa shape index (κ2) is 9.79. The van der Waals surface area contributed by atoms with Crippen LogP contribution in [0.1, 0.15) is 15.9 Å². The standard InChI is InChI=1S/C25H24Cl2N8O2/c26-18-2-1-3-19(27)21(18)35-23(37)17-13-30-24(32-22(17)34-11-8-29-25(34)35)31-16-4-5-20(15(12-16)14-36)33-9-6-28-7-10-33/h1-5,12-13,28,36H,6-11,14H2,(H,30,31,32). The molecule has 0 saturated carbocycles. The molecule has 1 aromatic heterocycles. The number of anilines is 5. The average molecular weight is 539 g/mol. The monoisotopic (exact) mass is 538 g/mol. The third-order valence-corrected chi connectivity index (χ3v) is 7.21. The van der Waals surface area contributed by atoms with Crippen LogP contribution in [0.5, 0.6) is 0 Å². The van der Waals surface area contributed by atoms with Crippen LogP contribution in [-0.2, 0) is 6.61 Å². The zero-order valence-electron chi connectivity index (χ0n) is 19.8. The number of hydrogen-bond acceptors (Lipinski definition) is 9. The molecule has 3 aliphatic rings. The van der Waals surface area contributed by atoms with Crippen LogP contribution in [-0.4, -0.2) is 66.2 Å². The predicted molar refractivity (Wildman–Crippen MR) is 146 cm³/mol. The lowest BCUT2D eigenvalue weighted by Crippen LogP contribution is -2.51. The van der Waals surface area contributed by atoms with Crippen molar-refractivity contribution in [3.63, 3.8) is 0 Å². The number of halogens is 2. The van der Waals surface area contributed by atoms with Gasteiger partial charge in [0, 0.05) is 55.9 Å². The molecule has 0 aliphatic carbocycles. The Balaban J connectivity index is 1.31. The molecule has 190 valence electrons. The Morgan fingerprint density at radius 3 is 2.62 bits per heavy atom. The average Bonchev–Trinajstić information content (AvgIpc) is 3.40. The summed E-state index contributed by atoms with van der Waals surface area (Å²) < 4.78 is 0. The first-order chi connectivity index (χ1) is 18.0. The quantitative estimate of drug-likeness (QED) is 0.454. The van der Waals surface area contributed by atoms with Crippen LogP contribution in [0, 0.1) is 0 Å². The fourth-order valence-electron chi connectivity index (χ4n) is 4.87. The number of hydrogen-bond donors (Lipinski definition) is 3. The van der Waals surface area contributed by atoms with Gasteiger partial charge in [0.15, 0.2) is 5.82 Å². The van der Waals surface area contributed by atoms with E-state index in [0.29, 0.717) is 52.1 Å². The molecular formula is C25H24Cl2N8O2. The molecule has 0 atom stereocenters. The Morgan fingerprint density at radius 1 is 1.08 bits per heavy atom. The van der Waals surface area contributed by atoms with E-state index in [1.165, 1.54) is 11.1 Å². The van der Waals surface area contributed by atoms with E-state index in [1.54, 1.807) is 18.2 Å². The number of benzene rings is 2. The lowest BCUT2D eigenvalue weighted by Gasteiger charge is -2.35. The molecular weight excluding hydrogens is 515 g/mol. The highest BCUT2D eigenvalue weighted by Gasteiger charge is 2.41. The van der Waals surface area contributed by atoms with Crippen LogP contribution < -0.4 is 25.3 Å². The molecule has 6 rings (SSSR count). The number of fused-ring (bicyclic) bond motifs is 3. The molecule has 1 fully saturated rings. The Morgan fingerprint density at radius 2 is 1.86 bits per heavy atom. The smallest absolute Gasteiger partial charge is 0.270 e. The summed E-state index contributed by atoms with van der Waals surface area (Å²) in [5.74, 6) is 0.885. The summed E-state index contributed by atoms with van der Waals surface area (Å²) in [6.45, 7) is 4.57. The second-order valence-corrected chi connectivity index (χ2v) is 9.65. The molecule has 3 aromatic rings. The minimum atomic E-state index is -0.351. The van der Waals surface area contributed by atoms with Crippen LogP contribution in [0.25, 0.3) is 0 Å². The van der Waals surface area contributed by atoms with Crippen molar-refractivity contribution in [1.82, 2.24) is 15.3 Å². The van der Waals surface area contributed by atoms with Crippen molar-refractivity contribution >= 4 is 63.9 Å². The largest absolute Gasteiger partial charge is 0.392 e. The minimum absolute atomic E-state index is 0.0810. The van der Waals surface area contributed by atoms with Gasteiger partial charge in [-0.2, -0.15) is 4.98 Å². The highest BCUT2D eigenvalue weighted by atomic mass is 35.5. The molecule has 4 heterocycles. The molecule has 0 radical (unpaired) electrons. The molecule has 0 unspecified atom stereocenters. The maximum atomic E-state index is 13.6. The number of nitrogens with one attached hydrogen (secondary N) is 2. The summed E-state index contributed by atoms with van der Waals surface area (Å²) in [6, 6.07) is 10.9. The summed E-state index contributed by atoms with van der Waals surface area (Å²) in [4.78, 5) is 32.8. The van der Waals surface area contributed by atoms with E-state index in [-0.39, 0.29) is 12.5 Å². The number of piperazine rings is 1. The van der Waals surface area contributed by atoms with E-state index in [1.807, 2.05) is 23.1 Å². The maximum Gasteiger partial charge on any atom is 0.270 e. The number of nitrogens with zero attached hydrogens (tertiary/aromatic N) is 6. The van der Waals surface area contributed by atoms with Gasteiger partial charge >= 0.3 is 0 Å². The van der Waals surface area contributed by atoms with Gasteiger partial charge in [-0.1, -0.05) is 29.3 Å². The van der Waals surface area contributed by atoms with Crippen LogP contribution in [0.4, 0.5) is 28.8 Å². The van der Waals surface area contributed by atoms with Gasteiger partial charge in [0.05, 0.1) is 28.9 Å². The number of aromatic nitrogens is 2. The van der Waals surface area contributed by atoms with Gasteiger partial charge in [0.1, 0.15) is 5.56 Å². The summed E-state index contributed by atoms with van der Waals surface area (Å²) in [6.07, 6.45) is 1.50. The number of aliphatic hydroxyl groups is 1. The molecule has 10 nitrogen and oxygen atoms in total. The molecule has 2 aromatic carbocycles. The third kappa shape index (κ3) is 4.25. The molecule has 3 N–H and O–H groups in total. The molecule has 1 amide bonds. The first-order valence-corrected chi connectivity index (χ1v) is 12.7. The van der Waals surface area contributed by atoms with Crippen molar-refractivity contribution in [3.8, 4) is 0 Å². The van der Waals surface area contributed by atoms with Gasteiger partial charge in [-0.25, -0.2) is 9.88 Å². The Labute approximate surface area is 223 Å². The number of amides is 1. The topological polar surface area (TPSA) is 109 Å². The second-order valence-electron chi connectivity index (χ2n) is 8.84. The Hall–Kier alpha value is -3.44. The van der Waals surface area contributed by atoms with Crippen molar-refractivity contribution in [3.05, 3.63) is 63.8 Å². The fourth-order valence-corrected chi connectivity index (χ4v) is 5.43. The molecule has 3 aliphatic heterocycles. The Bertz CT molecular complexity index is 1390. The minimum Gasteiger partial charge on any atom is -0.392 e. The van der Waals surface area contributed by atoms with E-state index >= 15 is 0 Å². The number of para-hydroxylation sites is 1. The van der Waals surface area contributed by atoms with Gasteiger partial charge < -0.3 is 20.6 Å². The number of carbonyl (C=O) groups is 1. The molecule has 12 heteroatoms. The molecule has 37 heavy (non-hydrogen) atoms. The van der Waals surface area contributed by atoms with Crippen LogP contribution >= 0.6 is 23.2 Å². The number of aliphatic hydroxyl groups excluding tert-OH is 1. The zero-order chi connectivity index (χ0) is 25.5. The number of aliphatic imine (C=N–C) groups is 1. The van der Waals surface area contributed by atoms with E-state index in [0.717, 1.165) is 43.1 Å². The Kier molecular flexibility index (Phi) is 6.33. The van der Waals surface area contributed by atoms with Crippen molar-refractivity contribution in [2.45, 2.75) is 6.61 Å². The normalized spacial score (nSPS) is 17.0. The lowest BCUT2D eigenvalue weighted by molar-refractivity contribution is 0.1000. The maximum absolute atomic E-state index is 13.6. The van der Waals surface area contributed by atoms with Gasteiger partial charge in [-0.3, -0.25) is 14.7 Å². The summed E-state index contributed by atoms with van der Waals surface area (Å²) >= 11 is 12.9. The van der Waals surface area contributed by atoms with Crippen LogP contribution in [0.15, 0.2) is 47.6 Å². The van der Waals surface area contributed by atoms with Gasteiger partial charge in [0.25, 0.3) is 5.91 Å². The molecule has 0 spiro atoms. The highest BCUT2D eigenvalue weighted by molar-refractivity contribution is 6.43. The van der Waals surface area contributed by atoms with Crippen molar-refractivity contribution in [1.29, 1.82) is 0 Å². The third-order valence-electron chi connectivity index (χ3n) is 6.60. The number of carbonyl (C=O) groups excluding carboxylic acids is 1. The van der Waals surface area contributed by atoms with Gasteiger partial charge in [-0.05, 0) is 30.3 Å².